The van der Waals surface area contributed by atoms with Crippen LogP contribution in [0.1, 0.15) is 64.4 Å². The maximum absolute atomic E-state index is 12.9. The predicted octanol–water partition coefficient (Wildman–Crippen LogP) is -1.33. The standard InChI is InChI=1S/C33H50N6O11/c1-3-4-5-6-7-8-20-9-11-21(12-10-20)36-24(41)14-13-23(35-19(2)40)37-30(50-31-27(44)26(43)22(17-34)49-31)28-29(45)33(47,18-48-28)39-16-15-25(42)38-32(39)46/h9-12,15-16,22-23,26-31,37,43-45,47H,3-8,13-14,17-18,34H2,1-2H3,(H,35,40)(H,36,41)(H,38,42,46)/t22-,23?,26-,27-,28+,29?,30?,31?,33?/m1/s1. The van der Waals surface area contributed by atoms with Crippen LogP contribution in [-0.4, -0.2) is 104 Å². The number of hydrogen-bond acceptors (Lipinski definition) is 13. The first-order valence-corrected chi connectivity index (χ1v) is 17.0. The van der Waals surface area contributed by atoms with E-state index in [4.69, 9.17) is 19.9 Å². The van der Waals surface area contributed by atoms with Crippen molar-refractivity contribution in [2.24, 2.45) is 5.73 Å². The van der Waals surface area contributed by atoms with Gasteiger partial charge in [-0.3, -0.25) is 29.3 Å². The Morgan fingerprint density at radius 2 is 1.82 bits per heavy atom. The minimum Gasteiger partial charge on any atom is -0.387 e. The second-order valence-corrected chi connectivity index (χ2v) is 12.8. The number of ether oxygens (including phenoxy) is 3. The lowest BCUT2D eigenvalue weighted by Gasteiger charge is -2.34. The summed E-state index contributed by atoms with van der Waals surface area (Å²) in [7, 11) is 0. The lowest BCUT2D eigenvalue weighted by Crippen LogP contribution is -2.60. The van der Waals surface area contributed by atoms with Gasteiger partial charge >= 0.3 is 5.69 Å². The van der Waals surface area contributed by atoms with Gasteiger partial charge in [-0.05, 0) is 37.0 Å². The number of nitrogens with zero attached hydrogens (tertiary/aromatic N) is 1. The molecule has 3 heterocycles. The molecule has 9 atom stereocenters. The number of amides is 2. The lowest BCUT2D eigenvalue weighted by molar-refractivity contribution is -0.227. The van der Waals surface area contributed by atoms with Gasteiger partial charge in [-0.25, -0.2) is 4.79 Å². The van der Waals surface area contributed by atoms with Gasteiger partial charge in [0, 0.05) is 37.8 Å². The number of H-pyrrole nitrogens is 1. The highest BCUT2D eigenvalue weighted by Gasteiger charge is 2.55. The molecule has 1 aromatic heterocycles. The van der Waals surface area contributed by atoms with E-state index < -0.39 is 78.7 Å². The van der Waals surface area contributed by atoms with Crippen LogP contribution >= 0.6 is 0 Å². The molecular formula is C33H50N6O11. The fourth-order valence-electron chi connectivity index (χ4n) is 6.05. The summed E-state index contributed by atoms with van der Waals surface area (Å²) in [6.07, 6.45) is -3.55. The predicted molar refractivity (Wildman–Crippen MR) is 179 cm³/mol. The Balaban J connectivity index is 1.46. The molecular weight excluding hydrogens is 656 g/mol. The highest BCUT2D eigenvalue weighted by atomic mass is 16.7. The number of nitrogens with one attached hydrogen (secondary N) is 4. The highest BCUT2D eigenvalue weighted by molar-refractivity contribution is 5.90. The minimum atomic E-state index is -2.38. The number of carbonyl (C=O) groups excluding carboxylic acids is 2. The normalized spacial score (nSPS) is 27.6. The Morgan fingerprint density at radius 3 is 2.46 bits per heavy atom. The number of aromatic amines is 1. The van der Waals surface area contributed by atoms with Crippen LogP contribution in [-0.2, 0) is 35.9 Å². The number of aliphatic hydroxyl groups is 4. The first-order valence-electron chi connectivity index (χ1n) is 17.0. The van der Waals surface area contributed by atoms with E-state index in [2.05, 4.69) is 22.9 Å². The maximum Gasteiger partial charge on any atom is 0.330 e. The number of benzene rings is 1. The van der Waals surface area contributed by atoms with E-state index >= 15 is 0 Å². The van der Waals surface area contributed by atoms with Gasteiger partial charge in [0.05, 0.1) is 12.8 Å². The molecule has 2 saturated heterocycles. The van der Waals surface area contributed by atoms with E-state index in [1.807, 2.05) is 29.2 Å². The van der Waals surface area contributed by atoms with Crippen molar-refractivity contribution in [2.75, 3.05) is 18.5 Å². The molecule has 5 unspecified atom stereocenters. The summed E-state index contributed by atoms with van der Waals surface area (Å²) < 4.78 is 17.9. The van der Waals surface area contributed by atoms with Gasteiger partial charge in [0.25, 0.3) is 5.56 Å². The van der Waals surface area contributed by atoms with Crippen LogP contribution < -0.4 is 32.9 Å². The van der Waals surface area contributed by atoms with E-state index in [0.717, 1.165) is 25.1 Å². The van der Waals surface area contributed by atoms with Crippen molar-refractivity contribution in [3.8, 4) is 0 Å². The van der Waals surface area contributed by atoms with Crippen LogP contribution in [0.2, 0.25) is 0 Å². The molecule has 0 bridgehead atoms. The maximum atomic E-state index is 12.9. The van der Waals surface area contributed by atoms with Gasteiger partial charge in [0.15, 0.2) is 12.0 Å². The van der Waals surface area contributed by atoms with Gasteiger partial charge in [-0.2, -0.15) is 0 Å². The second kappa shape index (κ2) is 18.1. The minimum absolute atomic E-state index is 0.00963. The van der Waals surface area contributed by atoms with E-state index in [0.29, 0.717) is 10.3 Å². The molecule has 50 heavy (non-hydrogen) atoms. The monoisotopic (exact) mass is 706 g/mol. The van der Waals surface area contributed by atoms with Crippen molar-refractivity contribution in [2.45, 2.75) is 120 Å². The van der Waals surface area contributed by atoms with Crippen molar-refractivity contribution >= 4 is 17.5 Å². The number of rotatable bonds is 18. The Hall–Kier alpha value is -3.52. The molecule has 0 saturated carbocycles. The molecule has 1 aromatic carbocycles. The summed E-state index contributed by atoms with van der Waals surface area (Å²) in [5, 5.41) is 52.1. The molecule has 0 aliphatic carbocycles. The smallest absolute Gasteiger partial charge is 0.330 e. The summed E-state index contributed by atoms with van der Waals surface area (Å²) in [5.41, 5.74) is 3.30. The number of hydrogen-bond donors (Lipinski definition) is 9. The fraction of sp³-hybridized carbons (Fsp3) is 0.636. The van der Waals surface area contributed by atoms with Crippen LogP contribution in [0.15, 0.2) is 46.1 Å². The van der Waals surface area contributed by atoms with Crippen molar-refractivity contribution < 1.29 is 44.2 Å². The van der Waals surface area contributed by atoms with Crippen molar-refractivity contribution in [1.29, 1.82) is 0 Å². The molecule has 2 aliphatic heterocycles. The zero-order chi connectivity index (χ0) is 36.4. The first kappa shape index (κ1) is 39.3. The Labute approximate surface area is 289 Å². The first-order chi connectivity index (χ1) is 23.9. The summed E-state index contributed by atoms with van der Waals surface area (Å²) in [6, 6.07) is 8.58. The van der Waals surface area contributed by atoms with Gasteiger partial charge in [0.1, 0.15) is 36.7 Å². The van der Waals surface area contributed by atoms with Crippen LogP contribution in [0, 0.1) is 0 Å². The Kier molecular flexibility index (Phi) is 14.2. The molecule has 10 N–H and O–H groups in total. The van der Waals surface area contributed by atoms with Gasteiger partial charge in [0.2, 0.25) is 11.8 Å². The zero-order valence-corrected chi connectivity index (χ0v) is 28.3. The topological polar surface area (TPSA) is 260 Å². The van der Waals surface area contributed by atoms with E-state index in [1.165, 1.54) is 38.2 Å². The molecule has 17 heteroatoms. The quantitative estimate of drug-likeness (QED) is 0.0644. The SMILES string of the molecule is CCCCCCCc1ccc(NC(=O)CCC(NC(C)=O)NC(OC2O[C@H](CN)[C@@H](O)[C@H]2O)[C@H]2OCC(O)(n3ccc(=O)[nH]c3=O)C2O)cc1. The van der Waals surface area contributed by atoms with Crippen molar-refractivity contribution in [1.82, 2.24) is 20.2 Å². The molecule has 278 valence electrons. The largest absolute Gasteiger partial charge is 0.387 e. The number of aliphatic hydroxyl groups excluding tert-OH is 3. The molecule has 2 aliphatic rings. The Morgan fingerprint density at radius 1 is 1.10 bits per heavy atom. The molecule has 2 amide bonds. The summed E-state index contributed by atoms with van der Waals surface area (Å²) in [6.45, 7) is 2.64. The Bertz CT molecular complexity index is 1520. The van der Waals surface area contributed by atoms with Crippen LogP contribution in [0.5, 0.6) is 0 Å². The molecule has 0 radical (unpaired) electrons. The van der Waals surface area contributed by atoms with Crippen molar-refractivity contribution in [3.05, 3.63) is 62.9 Å². The highest BCUT2D eigenvalue weighted by Crippen LogP contribution is 2.32. The second-order valence-electron chi connectivity index (χ2n) is 12.8. The van der Waals surface area contributed by atoms with E-state index in [-0.39, 0.29) is 25.3 Å². The molecule has 2 aromatic rings. The summed E-state index contributed by atoms with van der Waals surface area (Å²) in [4.78, 5) is 51.3. The third-order valence-corrected chi connectivity index (χ3v) is 8.85. The van der Waals surface area contributed by atoms with E-state index in [1.54, 1.807) is 0 Å². The van der Waals surface area contributed by atoms with Gasteiger partial charge in [-0.1, -0.05) is 44.7 Å². The number of aryl methyl sites for hydroxylation is 1. The zero-order valence-electron chi connectivity index (χ0n) is 28.3. The van der Waals surface area contributed by atoms with E-state index in [9.17, 15) is 39.6 Å². The average molecular weight is 707 g/mol. The average Bonchev–Trinajstić information content (AvgIpc) is 3.53. The number of anilines is 1. The number of unbranched alkanes of at least 4 members (excludes halogenated alkanes) is 4. The van der Waals surface area contributed by atoms with Gasteiger partial charge in [-0.15, -0.1) is 0 Å². The van der Waals surface area contributed by atoms with Gasteiger partial charge < -0.3 is 51.0 Å². The number of nitrogens with two attached hydrogens (primary N) is 1. The number of carbonyl (C=O) groups is 2. The molecule has 0 spiro atoms. The summed E-state index contributed by atoms with van der Waals surface area (Å²) in [5.74, 6) is -0.828. The summed E-state index contributed by atoms with van der Waals surface area (Å²) >= 11 is 0. The third kappa shape index (κ3) is 10.0. The van der Waals surface area contributed by atoms with Crippen molar-refractivity contribution in [3.63, 3.8) is 0 Å². The lowest BCUT2D eigenvalue weighted by atomic mass is 10.0. The van der Waals surface area contributed by atoms with Crippen LogP contribution in [0.25, 0.3) is 0 Å². The number of aromatic nitrogens is 2. The molecule has 17 nitrogen and oxygen atoms in total. The van der Waals surface area contributed by atoms with Crippen LogP contribution in [0.4, 0.5) is 5.69 Å². The van der Waals surface area contributed by atoms with Crippen LogP contribution in [0.3, 0.4) is 0 Å². The molecule has 2 fully saturated rings. The fourth-order valence-corrected chi connectivity index (χ4v) is 6.05. The molecule has 4 rings (SSSR count). The third-order valence-electron chi connectivity index (χ3n) is 8.85.